The summed E-state index contributed by atoms with van der Waals surface area (Å²) in [5.74, 6) is -1.83. The normalized spacial score (nSPS) is 46.6. The molecule has 0 amide bonds. The highest BCUT2D eigenvalue weighted by molar-refractivity contribution is 7.81. The number of allylic oxidation sites excluding steroid dienone is 4. The Bertz CT molecular complexity index is 3050. The van der Waals surface area contributed by atoms with Crippen molar-refractivity contribution in [3.63, 3.8) is 0 Å². The quantitative estimate of drug-likeness (QED) is 0.0393. The van der Waals surface area contributed by atoms with Crippen LogP contribution in [0.3, 0.4) is 0 Å². The summed E-state index contributed by atoms with van der Waals surface area (Å²) in [6.07, 6.45) is -28.9. The highest BCUT2D eigenvalue weighted by Gasteiger charge is 2.80. The van der Waals surface area contributed by atoms with E-state index in [1.165, 1.54) is 14.0 Å². The summed E-state index contributed by atoms with van der Waals surface area (Å²) in [6.45, 7) is 12.7. The van der Waals surface area contributed by atoms with Gasteiger partial charge in [-0.2, -0.15) is 25.3 Å². The molecule has 9 rings (SSSR count). The molecule has 0 aromatic rings. The first-order valence-electron chi connectivity index (χ1n) is 30.2. The summed E-state index contributed by atoms with van der Waals surface area (Å²) >= 11 is 0. The van der Waals surface area contributed by atoms with E-state index in [1.807, 2.05) is 34.6 Å². The molecule has 0 aromatic heterocycles. The lowest BCUT2D eigenvalue weighted by atomic mass is 9.41. The van der Waals surface area contributed by atoms with Crippen LogP contribution in [-0.4, -0.2) is 249 Å². The van der Waals surface area contributed by atoms with Crippen molar-refractivity contribution in [3.8, 4) is 0 Å². The van der Waals surface area contributed by atoms with E-state index in [0.29, 0.717) is 51.4 Å². The molecule has 9 aliphatic rings. The molecule has 5 aliphatic heterocycles. The number of aliphatic hydroxyl groups excluding tert-OH is 7. The number of aliphatic hydroxyl groups is 7. The maximum absolute atomic E-state index is 14.7. The van der Waals surface area contributed by atoms with Gasteiger partial charge in [0.1, 0.15) is 91.1 Å². The Morgan fingerprint density at radius 3 is 1.82 bits per heavy atom. The first-order chi connectivity index (χ1) is 42.2. The van der Waals surface area contributed by atoms with E-state index >= 15 is 0 Å². The second-order valence-electron chi connectivity index (χ2n) is 27.1. The average molecular weight is 1370 g/mol. The van der Waals surface area contributed by atoms with Crippen molar-refractivity contribution in [2.45, 2.75) is 235 Å². The summed E-state index contributed by atoms with van der Waals surface area (Å²) in [7, 11) is -13.2. The predicted molar refractivity (Wildman–Crippen MR) is 303 cm³/mol. The van der Waals surface area contributed by atoms with Crippen molar-refractivity contribution in [1.29, 1.82) is 0 Å². The highest BCUT2D eigenvalue weighted by Crippen LogP contribution is 2.77. The number of carbonyl (C=O) groups is 2. The fourth-order valence-corrected chi connectivity index (χ4v) is 18.1. The molecule has 5 heterocycles. The summed E-state index contributed by atoms with van der Waals surface area (Å²) in [5.41, 5.74) is -1.52. The fourth-order valence-electron chi connectivity index (χ4n) is 17.0. The molecule has 0 unspecified atom stereocenters. The molecular weight excluding hydrogens is 1280 g/mol. The van der Waals surface area contributed by atoms with E-state index in [1.54, 1.807) is 0 Å². The maximum atomic E-state index is 14.7. The molecule has 35 heteroatoms. The van der Waals surface area contributed by atoms with Gasteiger partial charge in [-0.3, -0.25) is 23.2 Å². The van der Waals surface area contributed by atoms with Crippen LogP contribution < -0.4 is 0 Å². The Morgan fingerprint density at radius 1 is 0.681 bits per heavy atom. The third-order valence-electron chi connectivity index (χ3n) is 21.2. The van der Waals surface area contributed by atoms with Gasteiger partial charge in [0, 0.05) is 18.4 Å². The molecule has 91 heavy (non-hydrogen) atoms. The number of hydrogen-bond acceptors (Lipinski definition) is 29. The first-order valence-corrected chi connectivity index (χ1v) is 34.3. The minimum Gasteiger partial charge on any atom is -0.469 e. The highest BCUT2D eigenvalue weighted by atomic mass is 32.3. The Morgan fingerprint density at radius 2 is 1.25 bits per heavy atom. The zero-order valence-corrected chi connectivity index (χ0v) is 54.4. The number of ether oxygens (including phenoxy) is 11. The molecule has 28 atom stereocenters. The topological polar surface area (TPSA) is 468 Å². The molecule has 10 N–H and O–H groups in total. The largest absolute Gasteiger partial charge is 0.469 e. The van der Waals surface area contributed by atoms with Crippen LogP contribution in [0, 0.1) is 45.3 Å². The van der Waals surface area contributed by atoms with Crippen molar-refractivity contribution < 1.29 is 149 Å². The van der Waals surface area contributed by atoms with Crippen LogP contribution in [0.4, 0.5) is 0 Å². The third-order valence-corrected chi connectivity index (χ3v) is 22.6. The average Bonchev–Trinajstić information content (AvgIpc) is 1.52. The van der Waals surface area contributed by atoms with Gasteiger partial charge < -0.3 is 87.9 Å². The number of cyclic esters (lactones) is 1. The Labute approximate surface area is 527 Å². The number of fused-ring (bicyclic) bond motifs is 4. The van der Waals surface area contributed by atoms with Gasteiger partial charge in [-0.05, 0) is 102 Å². The van der Waals surface area contributed by atoms with Gasteiger partial charge in [0.05, 0.1) is 50.5 Å². The molecule has 0 bridgehead atoms. The molecule has 0 radical (unpaired) electrons. The molecule has 522 valence electrons. The predicted octanol–water partition coefficient (Wildman–Crippen LogP) is -0.507. The van der Waals surface area contributed by atoms with E-state index in [-0.39, 0.29) is 23.8 Å². The lowest BCUT2D eigenvalue weighted by Crippen LogP contribution is -2.67. The number of methoxy groups -OCH3 is 2. The number of rotatable bonds is 21. The smallest absolute Gasteiger partial charge is 0.397 e. The molecule has 5 saturated heterocycles. The van der Waals surface area contributed by atoms with Gasteiger partial charge in [-0.25, -0.2) is 12.5 Å². The van der Waals surface area contributed by atoms with Crippen molar-refractivity contribution in [2.24, 2.45) is 45.3 Å². The molecular formula is C56H88O32S3. The minimum absolute atomic E-state index is 0.0309. The second-order valence-corrected chi connectivity index (χ2v) is 30.3. The van der Waals surface area contributed by atoms with E-state index in [0.717, 1.165) is 18.3 Å². The van der Waals surface area contributed by atoms with Crippen molar-refractivity contribution in [3.05, 3.63) is 23.3 Å². The van der Waals surface area contributed by atoms with Gasteiger partial charge >= 0.3 is 43.1 Å². The Hall–Kier alpha value is -2.61. The van der Waals surface area contributed by atoms with Crippen LogP contribution in [0.5, 0.6) is 0 Å². The van der Waals surface area contributed by atoms with E-state index in [4.69, 9.17) is 60.8 Å². The number of hydrogen-bond donors (Lipinski definition) is 10. The number of carbonyl (C=O) groups excluding carboxylic acids is 2. The van der Waals surface area contributed by atoms with E-state index in [9.17, 15) is 79.7 Å². The van der Waals surface area contributed by atoms with Gasteiger partial charge in [-0.15, -0.1) is 0 Å². The Kier molecular flexibility index (Phi) is 21.3. The van der Waals surface area contributed by atoms with Crippen molar-refractivity contribution in [2.75, 3.05) is 34.0 Å². The lowest BCUT2D eigenvalue weighted by molar-refractivity contribution is -0.389. The summed E-state index contributed by atoms with van der Waals surface area (Å²) in [5, 5.41) is 80.4. The third kappa shape index (κ3) is 13.9. The van der Waals surface area contributed by atoms with Crippen LogP contribution in [0.15, 0.2) is 23.3 Å². The molecule has 8 fully saturated rings. The zero-order valence-electron chi connectivity index (χ0n) is 52.0. The van der Waals surface area contributed by atoms with Crippen LogP contribution in [0.2, 0.25) is 0 Å². The zero-order chi connectivity index (χ0) is 67.3. The van der Waals surface area contributed by atoms with Gasteiger partial charge in [0.25, 0.3) is 0 Å². The SMILES string of the molecule is COC(=O)[C@H]1C[C@@]2(C)C3=CC[C@H]4C(C)(C)[C@@H](O[C@@H]5OC[C@@H](OS(=O)(=O)O)[C@H](O)[C@H]5O[C@@H]5O[C@H](C)[C@@H](O[C@@H]6O[C@H](COS(=O)(=O)O)[C@@H](O)[C@H](O[C@@H]7O[C@H](COS(=O)(=O)O)[C@@H](O)[C@H](OC)[C@H]7O)[C@H]6O)[C@H](O)[C@H]5O)CC[C@]4(C)[C@H]3CC[C@@]23C(=O)O[C@](C)(CCC=C(C)C)[C@@H]13. The second kappa shape index (κ2) is 26.7. The fraction of sp³-hybridized carbons (Fsp3) is 0.893. The summed E-state index contributed by atoms with van der Waals surface area (Å²) < 4.78 is 177. The van der Waals surface area contributed by atoms with E-state index in [2.05, 4.69) is 34.4 Å². The van der Waals surface area contributed by atoms with E-state index < -0.39 is 213 Å². The standard InChI is InChI=1S/C56H88O32S3/c1-24(2)12-11-17-55(8)45-26(46(64)76-10)20-54(7)28-13-14-32-52(4,5)33(16-18-53(32,6)27(28)15-19-56(45,54)51(65)87-55)83-50-44(36(59)31(21-77-50)88-91(72,73)74)86-47-38(61)37(60)41(25(3)80-47)84-49-40(63)43(35(58)30(82-49)23-79-90(69,70)71)85-48-39(62)42(75-9)34(57)29(81-48)22-78-89(66,67)68/h12-13,25-27,29-45,47-50,57-63H,11,14-23H2,1-10H3,(H,66,67,68)(H,69,70,71)(H,72,73,74)/t25-,26+,27+,29-,30-,31-,32+,33+,34-,35-,36+,37-,38-,39-,40-,41-,42+,43+,44-,45-,47+,48+,49+,50+,53-,54+,55-,56-/m1/s1. The van der Waals surface area contributed by atoms with Crippen LogP contribution >= 0.6 is 0 Å². The molecule has 4 aliphatic carbocycles. The molecule has 32 nitrogen and oxygen atoms in total. The van der Waals surface area contributed by atoms with Gasteiger partial charge in [-0.1, -0.05) is 51.0 Å². The minimum atomic E-state index is -5.26. The van der Waals surface area contributed by atoms with Crippen molar-refractivity contribution in [1.82, 2.24) is 0 Å². The van der Waals surface area contributed by atoms with Crippen LogP contribution in [0.1, 0.15) is 107 Å². The molecule has 3 saturated carbocycles. The monoisotopic (exact) mass is 1370 g/mol. The number of esters is 2. The van der Waals surface area contributed by atoms with Crippen LogP contribution in [0.25, 0.3) is 0 Å². The lowest BCUT2D eigenvalue weighted by Gasteiger charge is -2.64. The Balaban J connectivity index is 0.929. The molecule has 0 aromatic carbocycles. The first kappa shape index (κ1) is 72.7. The summed E-state index contributed by atoms with van der Waals surface area (Å²) in [4.78, 5) is 28.6. The van der Waals surface area contributed by atoms with Gasteiger partial charge in [0.2, 0.25) is 0 Å². The van der Waals surface area contributed by atoms with Crippen molar-refractivity contribution >= 4 is 43.1 Å². The van der Waals surface area contributed by atoms with Crippen LogP contribution in [-0.2, 0) is 105 Å². The summed E-state index contributed by atoms with van der Waals surface area (Å²) in [6, 6.07) is 0. The maximum Gasteiger partial charge on any atom is 0.397 e. The molecule has 1 spiro atoms. The van der Waals surface area contributed by atoms with Gasteiger partial charge in [0.15, 0.2) is 25.2 Å².